The van der Waals surface area contributed by atoms with Crippen molar-refractivity contribution in [2.75, 3.05) is 0 Å². The maximum atomic E-state index is 6.15. The third-order valence-corrected chi connectivity index (χ3v) is 6.41. The van der Waals surface area contributed by atoms with Crippen molar-refractivity contribution in [3.8, 4) is 0 Å². The van der Waals surface area contributed by atoms with Crippen molar-refractivity contribution < 1.29 is 0 Å². The highest BCUT2D eigenvalue weighted by molar-refractivity contribution is 7.16. The van der Waals surface area contributed by atoms with Crippen molar-refractivity contribution >= 4 is 34.3 Å². The minimum Gasteiger partial charge on any atom is -0.241 e. The van der Waals surface area contributed by atoms with Crippen LogP contribution in [0.4, 0.5) is 0 Å². The summed E-state index contributed by atoms with van der Waals surface area (Å²) in [6.45, 7) is 4.63. The number of hydrogen-bond acceptors (Lipinski definition) is 4. The van der Waals surface area contributed by atoms with E-state index in [1.807, 2.05) is 6.07 Å². The van der Waals surface area contributed by atoms with Gasteiger partial charge in [-0.05, 0) is 50.3 Å². The van der Waals surface area contributed by atoms with Crippen LogP contribution in [0.2, 0.25) is 4.34 Å². The van der Waals surface area contributed by atoms with Crippen LogP contribution >= 0.6 is 34.3 Å². The Hall–Kier alpha value is -0.390. The topological polar surface area (TPSA) is 15.3 Å². The summed E-state index contributed by atoms with van der Waals surface area (Å²) in [7, 11) is 0. The SMILES string of the molecule is CC1CCCC(C)N1NC(c1cccs1)c1ccc(Cl)s1. The monoisotopic (exact) mass is 340 g/mol. The number of nitrogens with zero attached hydrogens (tertiary/aromatic N) is 1. The van der Waals surface area contributed by atoms with Gasteiger partial charge in [0.05, 0.1) is 10.4 Å². The zero-order valence-corrected chi connectivity index (χ0v) is 14.8. The van der Waals surface area contributed by atoms with Crippen LogP contribution in [0.15, 0.2) is 29.6 Å². The lowest BCUT2D eigenvalue weighted by Gasteiger charge is -2.41. The largest absolute Gasteiger partial charge is 0.241 e. The molecule has 3 heterocycles. The normalized spacial score (nSPS) is 25.1. The third kappa shape index (κ3) is 3.51. The molecule has 1 fully saturated rings. The van der Waals surface area contributed by atoms with Gasteiger partial charge in [-0.25, -0.2) is 10.4 Å². The van der Waals surface area contributed by atoms with E-state index in [0.717, 1.165) is 4.34 Å². The summed E-state index contributed by atoms with van der Waals surface area (Å²) in [5.41, 5.74) is 3.78. The summed E-state index contributed by atoms with van der Waals surface area (Å²) in [4.78, 5) is 2.63. The van der Waals surface area contributed by atoms with Gasteiger partial charge >= 0.3 is 0 Å². The molecule has 0 spiro atoms. The first-order chi connectivity index (χ1) is 10.1. The second kappa shape index (κ2) is 6.80. The molecule has 0 aliphatic carbocycles. The lowest BCUT2D eigenvalue weighted by Crippen LogP contribution is -2.53. The van der Waals surface area contributed by atoms with E-state index in [9.17, 15) is 0 Å². The van der Waals surface area contributed by atoms with Crippen LogP contribution in [0.25, 0.3) is 0 Å². The lowest BCUT2D eigenvalue weighted by atomic mass is 9.99. The van der Waals surface area contributed by atoms with Crippen LogP contribution in [0.3, 0.4) is 0 Å². The number of thiophene rings is 2. The van der Waals surface area contributed by atoms with Crippen LogP contribution in [-0.2, 0) is 0 Å². The van der Waals surface area contributed by atoms with Crippen molar-refractivity contribution in [2.45, 2.75) is 51.2 Å². The lowest BCUT2D eigenvalue weighted by molar-refractivity contribution is 0.0362. The third-order valence-electron chi connectivity index (χ3n) is 4.18. The molecule has 0 amide bonds. The average molecular weight is 341 g/mol. The Morgan fingerprint density at radius 1 is 1.19 bits per heavy atom. The van der Waals surface area contributed by atoms with Crippen molar-refractivity contribution in [2.24, 2.45) is 0 Å². The summed E-state index contributed by atoms with van der Waals surface area (Å²) in [5.74, 6) is 0. The van der Waals surface area contributed by atoms with E-state index in [1.165, 1.54) is 29.0 Å². The van der Waals surface area contributed by atoms with Gasteiger partial charge in [0.25, 0.3) is 0 Å². The van der Waals surface area contributed by atoms with Crippen LogP contribution in [0.1, 0.15) is 48.9 Å². The highest BCUT2D eigenvalue weighted by Gasteiger charge is 2.28. The van der Waals surface area contributed by atoms with Crippen LogP contribution in [-0.4, -0.2) is 17.1 Å². The minimum atomic E-state index is 0.213. The summed E-state index contributed by atoms with van der Waals surface area (Å²) in [6, 6.07) is 9.82. The maximum absolute atomic E-state index is 6.15. The highest BCUT2D eigenvalue weighted by atomic mass is 35.5. The highest BCUT2D eigenvalue weighted by Crippen LogP contribution is 2.34. The smallest absolute Gasteiger partial charge is 0.0931 e. The quantitative estimate of drug-likeness (QED) is 0.810. The average Bonchev–Trinajstić information content (AvgIpc) is 3.10. The Morgan fingerprint density at radius 2 is 1.95 bits per heavy atom. The predicted molar refractivity (Wildman–Crippen MR) is 93.2 cm³/mol. The molecule has 21 heavy (non-hydrogen) atoms. The standard InChI is InChI=1S/C16H21ClN2S2/c1-11-5-3-6-12(2)19(11)18-16(13-7-4-10-20-13)14-8-9-15(17)21-14/h4,7-12,16,18H,3,5-6H2,1-2H3. The number of nitrogens with one attached hydrogen (secondary N) is 1. The van der Waals surface area contributed by atoms with Gasteiger partial charge < -0.3 is 0 Å². The Balaban J connectivity index is 1.86. The summed E-state index contributed by atoms with van der Waals surface area (Å²) < 4.78 is 0.855. The first-order valence-electron chi connectivity index (χ1n) is 7.48. The van der Waals surface area contributed by atoms with Gasteiger partial charge in [-0.2, -0.15) is 0 Å². The molecular formula is C16H21ClN2S2. The maximum Gasteiger partial charge on any atom is 0.0931 e. The molecule has 1 N–H and O–H groups in total. The van der Waals surface area contributed by atoms with Gasteiger partial charge in [0.2, 0.25) is 0 Å². The fourth-order valence-corrected chi connectivity index (χ4v) is 5.02. The zero-order valence-electron chi connectivity index (χ0n) is 12.4. The van der Waals surface area contributed by atoms with E-state index >= 15 is 0 Å². The van der Waals surface area contributed by atoms with Crippen molar-refractivity contribution in [1.82, 2.24) is 10.4 Å². The van der Waals surface area contributed by atoms with Crippen molar-refractivity contribution in [1.29, 1.82) is 0 Å². The van der Waals surface area contributed by atoms with Gasteiger partial charge in [0.1, 0.15) is 0 Å². The van der Waals surface area contributed by atoms with E-state index in [0.29, 0.717) is 12.1 Å². The summed E-state index contributed by atoms with van der Waals surface area (Å²) in [5, 5.41) is 4.59. The molecule has 1 saturated heterocycles. The Morgan fingerprint density at radius 3 is 2.52 bits per heavy atom. The number of hydrazine groups is 1. The fraction of sp³-hybridized carbons (Fsp3) is 0.500. The number of rotatable bonds is 4. The zero-order chi connectivity index (χ0) is 14.8. The molecule has 0 radical (unpaired) electrons. The molecule has 5 heteroatoms. The molecule has 0 aromatic carbocycles. The minimum absolute atomic E-state index is 0.213. The Labute approximate surface area is 139 Å². The second-order valence-electron chi connectivity index (χ2n) is 5.76. The van der Waals surface area contributed by atoms with E-state index in [2.05, 4.69) is 47.9 Å². The molecule has 0 bridgehead atoms. The first kappa shape index (κ1) is 15.5. The van der Waals surface area contributed by atoms with E-state index in [-0.39, 0.29) is 6.04 Å². The van der Waals surface area contributed by atoms with E-state index in [4.69, 9.17) is 11.6 Å². The molecule has 3 atom stereocenters. The Kier molecular flexibility index (Phi) is 5.02. The molecule has 2 aromatic heterocycles. The summed E-state index contributed by atoms with van der Waals surface area (Å²) >= 11 is 9.62. The molecule has 1 aliphatic heterocycles. The molecule has 114 valence electrons. The molecule has 0 saturated carbocycles. The molecular weight excluding hydrogens is 320 g/mol. The van der Waals surface area contributed by atoms with Crippen LogP contribution in [0, 0.1) is 0 Å². The second-order valence-corrected chi connectivity index (χ2v) is 8.48. The van der Waals surface area contributed by atoms with Crippen molar-refractivity contribution in [3.05, 3.63) is 43.7 Å². The van der Waals surface area contributed by atoms with Gasteiger partial charge in [-0.3, -0.25) is 0 Å². The fourth-order valence-electron chi connectivity index (χ4n) is 3.03. The van der Waals surface area contributed by atoms with Gasteiger partial charge in [-0.1, -0.05) is 24.1 Å². The predicted octanol–water partition coefficient (Wildman–Crippen LogP) is 5.32. The molecule has 2 nitrogen and oxygen atoms in total. The van der Waals surface area contributed by atoms with Gasteiger partial charge in [-0.15, -0.1) is 22.7 Å². The van der Waals surface area contributed by atoms with E-state index in [1.54, 1.807) is 22.7 Å². The first-order valence-corrected chi connectivity index (χ1v) is 9.55. The number of piperidine rings is 1. The number of hydrogen-bond donors (Lipinski definition) is 1. The van der Waals surface area contributed by atoms with Crippen molar-refractivity contribution in [3.63, 3.8) is 0 Å². The van der Waals surface area contributed by atoms with Gasteiger partial charge in [0.15, 0.2) is 0 Å². The van der Waals surface area contributed by atoms with Crippen LogP contribution < -0.4 is 5.43 Å². The Bertz CT molecular complexity index is 557. The molecule has 2 aromatic rings. The van der Waals surface area contributed by atoms with E-state index < -0.39 is 0 Å². The summed E-state index contributed by atoms with van der Waals surface area (Å²) in [6.07, 6.45) is 3.86. The van der Waals surface area contributed by atoms with Crippen LogP contribution in [0.5, 0.6) is 0 Å². The van der Waals surface area contributed by atoms with Gasteiger partial charge in [0, 0.05) is 21.8 Å². The molecule has 3 rings (SSSR count). The number of halogens is 1. The molecule has 3 unspecified atom stereocenters. The molecule has 1 aliphatic rings.